The number of nitrogens with one attached hydrogen (secondary N) is 2. The van der Waals surface area contributed by atoms with Gasteiger partial charge in [-0.2, -0.15) is 5.10 Å². The van der Waals surface area contributed by atoms with Crippen molar-refractivity contribution >= 4 is 32.8 Å². The fourth-order valence-electron chi connectivity index (χ4n) is 5.41. The molecule has 0 saturated carbocycles. The third kappa shape index (κ3) is 3.94. The molecule has 0 spiro atoms. The summed E-state index contributed by atoms with van der Waals surface area (Å²) in [4.78, 5) is 22.7. The number of benzene rings is 2. The topological polar surface area (TPSA) is 89.6 Å². The van der Waals surface area contributed by atoms with Gasteiger partial charge >= 0.3 is 0 Å². The Morgan fingerprint density at radius 2 is 1.76 bits per heavy atom. The fraction of sp³-hybridized carbons (Fsp3) is 0.241. The second-order valence-corrected chi connectivity index (χ2v) is 9.71. The van der Waals surface area contributed by atoms with Crippen LogP contribution >= 0.6 is 0 Å². The first-order chi connectivity index (χ1) is 18.3. The average molecular weight is 489 g/mol. The standard InChI is InChI=1S/C29H28N8/c1-2-36-10-12-37(13-11-36)18-20-7-5-9-25-26(20)33-29(32-25)27-23-14-21(16-31-28(23)35-34-27)24-17-30-15-19-6-3-4-8-22(19)24/h3-9,14-17H,2,10-13,18H2,1H3,(H,32,33)(H,31,34,35). The zero-order chi connectivity index (χ0) is 24.8. The molecule has 6 aromatic rings. The van der Waals surface area contributed by atoms with Gasteiger partial charge in [0.05, 0.1) is 16.4 Å². The van der Waals surface area contributed by atoms with Gasteiger partial charge in [0.2, 0.25) is 0 Å². The van der Waals surface area contributed by atoms with E-state index in [9.17, 15) is 0 Å². The molecule has 1 fully saturated rings. The van der Waals surface area contributed by atoms with Crippen LogP contribution in [0.5, 0.6) is 0 Å². The number of aromatic nitrogens is 6. The van der Waals surface area contributed by atoms with Crippen molar-refractivity contribution in [3.05, 3.63) is 72.7 Å². The van der Waals surface area contributed by atoms with Crippen molar-refractivity contribution in [3.8, 4) is 22.6 Å². The van der Waals surface area contributed by atoms with E-state index in [1.807, 2.05) is 24.7 Å². The lowest BCUT2D eigenvalue weighted by molar-refractivity contribution is 0.132. The van der Waals surface area contributed by atoms with Crippen molar-refractivity contribution < 1.29 is 0 Å². The SMILES string of the molecule is CCN1CCN(Cc2cccc3[nH]c(-c4n[nH]c5ncc(-c6cncc7ccccc67)cc45)nc23)CC1. The molecular formula is C29H28N8. The highest BCUT2D eigenvalue weighted by atomic mass is 15.3. The summed E-state index contributed by atoms with van der Waals surface area (Å²) in [6.45, 7) is 8.68. The molecular weight excluding hydrogens is 460 g/mol. The first-order valence-electron chi connectivity index (χ1n) is 12.9. The first kappa shape index (κ1) is 22.1. The van der Waals surface area contributed by atoms with E-state index in [0.29, 0.717) is 0 Å². The Kier molecular flexibility index (Phi) is 5.41. The van der Waals surface area contributed by atoms with Gasteiger partial charge in [0.15, 0.2) is 11.5 Å². The normalized spacial score (nSPS) is 15.3. The summed E-state index contributed by atoms with van der Waals surface area (Å²) in [6.07, 6.45) is 5.67. The molecule has 1 aliphatic rings. The minimum atomic E-state index is 0.737. The van der Waals surface area contributed by atoms with E-state index in [1.54, 1.807) is 0 Å². The summed E-state index contributed by atoms with van der Waals surface area (Å²) < 4.78 is 0. The van der Waals surface area contributed by atoms with Crippen LogP contribution in [0.4, 0.5) is 0 Å². The molecule has 0 atom stereocenters. The Bertz CT molecular complexity index is 1720. The van der Waals surface area contributed by atoms with Gasteiger partial charge in [-0.05, 0) is 29.6 Å². The van der Waals surface area contributed by atoms with Gasteiger partial charge in [-0.3, -0.25) is 15.0 Å². The number of piperazine rings is 1. The van der Waals surface area contributed by atoms with Crippen LogP contribution in [0.3, 0.4) is 0 Å². The summed E-state index contributed by atoms with van der Waals surface area (Å²) in [7, 11) is 0. The van der Waals surface area contributed by atoms with Crippen LogP contribution in [0, 0.1) is 0 Å². The predicted octanol–water partition coefficient (Wildman–Crippen LogP) is 4.85. The van der Waals surface area contributed by atoms with E-state index in [-0.39, 0.29) is 0 Å². The lowest BCUT2D eigenvalue weighted by atomic mass is 10.0. The molecule has 8 nitrogen and oxygen atoms in total. The molecule has 4 aromatic heterocycles. The summed E-state index contributed by atoms with van der Waals surface area (Å²) in [5, 5.41) is 10.9. The van der Waals surface area contributed by atoms with E-state index >= 15 is 0 Å². The summed E-state index contributed by atoms with van der Waals surface area (Å²) in [6, 6.07) is 16.8. The van der Waals surface area contributed by atoms with Crippen molar-refractivity contribution in [1.82, 2.24) is 39.9 Å². The number of fused-ring (bicyclic) bond motifs is 3. The minimum absolute atomic E-state index is 0.737. The van der Waals surface area contributed by atoms with Gasteiger partial charge in [-0.15, -0.1) is 0 Å². The molecule has 0 radical (unpaired) electrons. The van der Waals surface area contributed by atoms with Crippen LogP contribution in [-0.4, -0.2) is 72.7 Å². The smallest absolute Gasteiger partial charge is 0.159 e. The molecule has 0 amide bonds. The Morgan fingerprint density at radius 3 is 2.65 bits per heavy atom. The maximum Gasteiger partial charge on any atom is 0.159 e. The van der Waals surface area contributed by atoms with Gasteiger partial charge in [-0.1, -0.05) is 43.3 Å². The quantitative estimate of drug-likeness (QED) is 0.360. The number of nitrogens with zero attached hydrogens (tertiary/aromatic N) is 6. The molecule has 0 bridgehead atoms. The molecule has 184 valence electrons. The predicted molar refractivity (Wildman–Crippen MR) is 147 cm³/mol. The molecule has 1 aliphatic heterocycles. The van der Waals surface area contributed by atoms with Gasteiger partial charge in [0.25, 0.3) is 0 Å². The third-order valence-electron chi connectivity index (χ3n) is 7.52. The molecule has 2 N–H and O–H groups in total. The Labute approximate surface area is 214 Å². The second-order valence-electron chi connectivity index (χ2n) is 9.71. The Hall–Kier alpha value is -4.14. The number of hydrogen-bond acceptors (Lipinski definition) is 6. The molecule has 8 heteroatoms. The van der Waals surface area contributed by atoms with Crippen molar-refractivity contribution in [2.75, 3.05) is 32.7 Å². The van der Waals surface area contributed by atoms with Crippen LogP contribution < -0.4 is 0 Å². The van der Waals surface area contributed by atoms with E-state index < -0.39 is 0 Å². The van der Waals surface area contributed by atoms with E-state index in [4.69, 9.17) is 4.98 Å². The number of hydrogen-bond donors (Lipinski definition) is 2. The minimum Gasteiger partial charge on any atom is -0.337 e. The molecule has 7 rings (SSSR count). The highest BCUT2D eigenvalue weighted by Gasteiger charge is 2.19. The summed E-state index contributed by atoms with van der Waals surface area (Å²) in [5.74, 6) is 0.750. The van der Waals surface area contributed by atoms with Crippen LogP contribution in [0.15, 0.2) is 67.1 Å². The maximum absolute atomic E-state index is 5.04. The second kappa shape index (κ2) is 9.06. The number of pyridine rings is 2. The third-order valence-corrected chi connectivity index (χ3v) is 7.52. The molecule has 0 unspecified atom stereocenters. The number of imidazole rings is 1. The summed E-state index contributed by atoms with van der Waals surface area (Å²) >= 11 is 0. The van der Waals surface area contributed by atoms with Gasteiger partial charge in [-0.25, -0.2) is 9.97 Å². The number of H-pyrrole nitrogens is 2. The van der Waals surface area contributed by atoms with E-state index in [2.05, 4.69) is 84.3 Å². The van der Waals surface area contributed by atoms with Gasteiger partial charge < -0.3 is 9.88 Å². The van der Waals surface area contributed by atoms with Crippen molar-refractivity contribution in [3.63, 3.8) is 0 Å². The zero-order valence-electron chi connectivity index (χ0n) is 20.8. The van der Waals surface area contributed by atoms with Crippen molar-refractivity contribution in [1.29, 1.82) is 0 Å². The molecule has 1 saturated heterocycles. The number of likely N-dealkylation sites (N-methyl/N-ethyl adjacent to an activating group) is 1. The summed E-state index contributed by atoms with van der Waals surface area (Å²) in [5.41, 5.74) is 6.84. The Balaban J connectivity index is 1.26. The van der Waals surface area contributed by atoms with Crippen LogP contribution in [0.2, 0.25) is 0 Å². The van der Waals surface area contributed by atoms with Crippen LogP contribution in [-0.2, 0) is 6.54 Å². The van der Waals surface area contributed by atoms with E-state index in [1.165, 1.54) is 5.56 Å². The van der Waals surface area contributed by atoms with Crippen LogP contribution in [0.25, 0.3) is 55.5 Å². The molecule has 37 heavy (non-hydrogen) atoms. The highest BCUT2D eigenvalue weighted by molar-refractivity contribution is 5.99. The van der Waals surface area contributed by atoms with E-state index in [0.717, 1.165) is 94.8 Å². The fourth-order valence-corrected chi connectivity index (χ4v) is 5.41. The van der Waals surface area contributed by atoms with Crippen molar-refractivity contribution in [2.45, 2.75) is 13.5 Å². The van der Waals surface area contributed by atoms with Crippen molar-refractivity contribution in [2.24, 2.45) is 0 Å². The van der Waals surface area contributed by atoms with Crippen LogP contribution in [0.1, 0.15) is 12.5 Å². The molecule has 2 aromatic carbocycles. The first-order valence-corrected chi connectivity index (χ1v) is 12.9. The molecule has 0 aliphatic carbocycles. The highest BCUT2D eigenvalue weighted by Crippen LogP contribution is 2.32. The lowest BCUT2D eigenvalue weighted by Gasteiger charge is -2.34. The molecule has 5 heterocycles. The maximum atomic E-state index is 5.04. The monoisotopic (exact) mass is 488 g/mol. The lowest BCUT2D eigenvalue weighted by Crippen LogP contribution is -2.45. The zero-order valence-corrected chi connectivity index (χ0v) is 20.8. The van der Waals surface area contributed by atoms with Gasteiger partial charge in [0.1, 0.15) is 5.69 Å². The number of rotatable bonds is 5. The number of aromatic amines is 2. The number of para-hydroxylation sites is 1. The average Bonchev–Trinajstić information content (AvgIpc) is 3.57. The largest absolute Gasteiger partial charge is 0.337 e. The van der Waals surface area contributed by atoms with Gasteiger partial charge in [0, 0.05) is 67.8 Å². The Morgan fingerprint density at radius 1 is 0.892 bits per heavy atom.